The van der Waals surface area contributed by atoms with E-state index >= 15 is 0 Å². The molecule has 0 aromatic carbocycles. The Hall–Kier alpha value is -3.04. The average molecular weight is 280 g/mol. The predicted molar refractivity (Wildman–Crippen MR) is 62.6 cm³/mol. The molecule has 1 aliphatic rings. The van der Waals surface area contributed by atoms with Gasteiger partial charge in [0, 0.05) is 6.92 Å². The number of nitrogens with zero attached hydrogens (tertiary/aromatic N) is 4. The van der Waals surface area contributed by atoms with Crippen LogP contribution in [-0.4, -0.2) is 45.4 Å². The largest absolute Gasteiger partial charge is 0.433 e. The van der Waals surface area contributed by atoms with Gasteiger partial charge in [-0.05, 0) is 6.07 Å². The molecular weight excluding hydrogens is 272 g/mol. The molecule has 10 heteroatoms. The molecule has 0 N–H and O–H groups in total. The van der Waals surface area contributed by atoms with Crippen molar-refractivity contribution in [2.24, 2.45) is 5.10 Å². The van der Waals surface area contributed by atoms with Crippen LogP contribution in [0.25, 0.3) is 0 Å². The summed E-state index contributed by atoms with van der Waals surface area (Å²) in [6.45, 7) is 0.705. The Labute approximate surface area is 111 Å². The lowest BCUT2D eigenvalue weighted by Crippen LogP contribution is -2.35. The number of hydrogen-bond donors (Lipinski definition) is 0. The minimum atomic E-state index is -0.875. The van der Waals surface area contributed by atoms with Gasteiger partial charge >= 0.3 is 11.9 Å². The van der Waals surface area contributed by atoms with Gasteiger partial charge in [0.25, 0.3) is 5.91 Å². The smallest absolute Gasteiger partial charge is 0.400 e. The van der Waals surface area contributed by atoms with Crippen molar-refractivity contribution >= 4 is 29.9 Å². The summed E-state index contributed by atoms with van der Waals surface area (Å²) in [6.07, 6.45) is 1.04. The van der Waals surface area contributed by atoms with Crippen molar-refractivity contribution in [3.05, 3.63) is 28.0 Å². The second-order valence-electron chi connectivity index (χ2n) is 3.77. The quantitative estimate of drug-likeness (QED) is 0.340. The summed E-state index contributed by atoms with van der Waals surface area (Å²) in [5.74, 6) is -1.82. The van der Waals surface area contributed by atoms with Gasteiger partial charge in [-0.25, -0.2) is 9.80 Å². The first-order valence-corrected chi connectivity index (χ1v) is 5.33. The zero-order chi connectivity index (χ0) is 14.9. The van der Waals surface area contributed by atoms with E-state index in [-0.39, 0.29) is 12.3 Å². The van der Waals surface area contributed by atoms with E-state index in [1.807, 2.05) is 0 Å². The van der Waals surface area contributed by atoms with Crippen LogP contribution < -0.4 is 0 Å². The first-order valence-electron chi connectivity index (χ1n) is 5.33. The van der Waals surface area contributed by atoms with Gasteiger partial charge in [-0.15, -0.1) is 0 Å². The number of urea groups is 1. The Morgan fingerprint density at radius 2 is 2.20 bits per heavy atom. The zero-order valence-electron chi connectivity index (χ0n) is 10.2. The first kappa shape index (κ1) is 13.4. The van der Waals surface area contributed by atoms with E-state index in [0.29, 0.717) is 4.90 Å². The molecular formula is C10H8N4O6. The third-order valence-electron chi connectivity index (χ3n) is 2.38. The highest BCUT2D eigenvalue weighted by atomic mass is 16.6. The van der Waals surface area contributed by atoms with Gasteiger partial charge in [0.2, 0.25) is 5.91 Å². The van der Waals surface area contributed by atoms with Crippen molar-refractivity contribution in [3.8, 4) is 0 Å². The standard InChI is InChI=1S/C10H8N4O6/c1-6(15)13-8(16)5-12(10(13)17)11-4-7-2-3-9(20-7)14(18)19/h2-4H,5H2,1H3. The van der Waals surface area contributed by atoms with Gasteiger partial charge in [-0.1, -0.05) is 0 Å². The van der Waals surface area contributed by atoms with Crippen LogP contribution in [0.2, 0.25) is 0 Å². The van der Waals surface area contributed by atoms with Crippen LogP contribution in [0, 0.1) is 10.1 Å². The highest BCUT2D eigenvalue weighted by Crippen LogP contribution is 2.15. The summed E-state index contributed by atoms with van der Waals surface area (Å²) >= 11 is 0. The van der Waals surface area contributed by atoms with Gasteiger partial charge in [-0.3, -0.25) is 19.7 Å². The summed E-state index contributed by atoms with van der Waals surface area (Å²) < 4.78 is 4.79. The number of carbonyl (C=O) groups excluding carboxylic acids is 3. The topological polar surface area (TPSA) is 126 Å². The minimum Gasteiger partial charge on any atom is -0.400 e. The maximum absolute atomic E-state index is 11.6. The number of hydrogen-bond acceptors (Lipinski definition) is 7. The van der Waals surface area contributed by atoms with Crippen molar-refractivity contribution in [1.82, 2.24) is 9.91 Å². The van der Waals surface area contributed by atoms with Gasteiger partial charge in [0.15, 0.2) is 5.76 Å². The molecule has 0 atom stereocenters. The van der Waals surface area contributed by atoms with Crippen LogP contribution in [0.1, 0.15) is 12.7 Å². The lowest BCUT2D eigenvalue weighted by molar-refractivity contribution is -0.402. The lowest BCUT2D eigenvalue weighted by Gasteiger charge is -2.08. The fourth-order valence-corrected chi connectivity index (χ4v) is 1.53. The van der Waals surface area contributed by atoms with Crippen molar-refractivity contribution < 1.29 is 23.7 Å². The Bertz CT molecular complexity index is 633. The molecule has 1 fully saturated rings. The normalized spacial score (nSPS) is 15.4. The van der Waals surface area contributed by atoms with Crippen molar-refractivity contribution in [2.75, 3.05) is 6.54 Å². The monoisotopic (exact) mass is 280 g/mol. The van der Waals surface area contributed by atoms with E-state index in [1.54, 1.807) is 0 Å². The van der Waals surface area contributed by atoms with Crippen LogP contribution in [0.3, 0.4) is 0 Å². The molecule has 2 rings (SSSR count). The number of furan rings is 1. The Kier molecular flexibility index (Phi) is 3.29. The summed E-state index contributed by atoms with van der Waals surface area (Å²) in [4.78, 5) is 44.3. The third kappa shape index (κ3) is 2.39. The first-order chi connectivity index (χ1) is 9.40. The molecule has 20 heavy (non-hydrogen) atoms. The van der Waals surface area contributed by atoms with Crippen molar-refractivity contribution in [3.63, 3.8) is 0 Å². The van der Waals surface area contributed by atoms with Crippen LogP contribution in [0.4, 0.5) is 10.7 Å². The number of carbonyl (C=O) groups is 3. The van der Waals surface area contributed by atoms with Gasteiger partial charge in [0.05, 0.1) is 12.3 Å². The molecule has 0 aliphatic carbocycles. The second-order valence-corrected chi connectivity index (χ2v) is 3.77. The van der Waals surface area contributed by atoms with E-state index in [9.17, 15) is 24.5 Å². The number of nitro groups is 1. The second kappa shape index (κ2) is 4.91. The Balaban J connectivity index is 2.12. The number of amides is 4. The zero-order valence-corrected chi connectivity index (χ0v) is 10.2. The third-order valence-corrected chi connectivity index (χ3v) is 2.38. The molecule has 1 aliphatic heterocycles. The maximum Gasteiger partial charge on any atom is 0.433 e. The Morgan fingerprint density at radius 1 is 1.50 bits per heavy atom. The molecule has 0 radical (unpaired) electrons. The van der Waals surface area contributed by atoms with E-state index in [0.717, 1.165) is 24.2 Å². The van der Waals surface area contributed by atoms with E-state index in [1.165, 1.54) is 6.07 Å². The molecule has 0 spiro atoms. The molecule has 1 aromatic heterocycles. The molecule has 0 saturated carbocycles. The summed E-state index contributed by atoms with van der Waals surface area (Å²) in [7, 11) is 0. The van der Waals surface area contributed by atoms with Crippen molar-refractivity contribution in [2.45, 2.75) is 6.92 Å². The number of imide groups is 3. The van der Waals surface area contributed by atoms with Gasteiger partial charge < -0.3 is 4.42 Å². The van der Waals surface area contributed by atoms with Crippen LogP contribution >= 0.6 is 0 Å². The maximum atomic E-state index is 11.6. The van der Waals surface area contributed by atoms with Crippen LogP contribution in [0.15, 0.2) is 21.7 Å². The SMILES string of the molecule is CC(=O)N1C(=O)CN(N=Cc2ccc([N+](=O)[O-])o2)C1=O. The fourth-order valence-electron chi connectivity index (χ4n) is 1.53. The average Bonchev–Trinajstić information content (AvgIpc) is 2.92. The molecule has 1 saturated heterocycles. The summed E-state index contributed by atoms with van der Waals surface area (Å²) in [5, 5.41) is 14.8. The van der Waals surface area contributed by atoms with Gasteiger partial charge in [0.1, 0.15) is 11.5 Å². The highest BCUT2D eigenvalue weighted by molar-refractivity contribution is 6.14. The minimum absolute atomic E-state index is 0.0400. The number of hydrazone groups is 1. The molecule has 2 heterocycles. The lowest BCUT2D eigenvalue weighted by atomic mass is 10.5. The summed E-state index contributed by atoms with van der Waals surface area (Å²) in [5.41, 5.74) is 0. The molecule has 4 amide bonds. The van der Waals surface area contributed by atoms with Crippen LogP contribution in [0.5, 0.6) is 0 Å². The van der Waals surface area contributed by atoms with Crippen molar-refractivity contribution in [1.29, 1.82) is 0 Å². The summed E-state index contributed by atoms with van der Waals surface area (Å²) in [6, 6.07) is 1.53. The predicted octanol–water partition coefficient (Wildman–Crippen LogP) is 0.332. The molecule has 0 bridgehead atoms. The molecule has 0 unspecified atom stereocenters. The molecule has 104 valence electrons. The fraction of sp³-hybridized carbons (Fsp3) is 0.200. The number of rotatable bonds is 3. The van der Waals surface area contributed by atoms with E-state index < -0.39 is 28.7 Å². The van der Waals surface area contributed by atoms with E-state index in [2.05, 4.69) is 5.10 Å². The molecule has 10 nitrogen and oxygen atoms in total. The Morgan fingerprint density at radius 3 is 2.70 bits per heavy atom. The highest BCUT2D eigenvalue weighted by Gasteiger charge is 2.38. The van der Waals surface area contributed by atoms with Crippen LogP contribution in [-0.2, 0) is 9.59 Å². The molecule has 1 aromatic rings. The van der Waals surface area contributed by atoms with Gasteiger partial charge in [-0.2, -0.15) is 10.0 Å². The van der Waals surface area contributed by atoms with E-state index in [4.69, 9.17) is 4.42 Å².